The molecule has 1 unspecified atom stereocenters. The largest absolute Gasteiger partial charge is 0.398 e. The van der Waals surface area contributed by atoms with Crippen LogP contribution in [0.3, 0.4) is 0 Å². The second-order valence-electron chi connectivity index (χ2n) is 3.39. The second-order valence-corrected chi connectivity index (χ2v) is 4.92. The highest BCUT2D eigenvalue weighted by Gasteiger charge is 2.28. The zero-order valence-corrected chi connectivity index (χ0v) is 9.49. The van der Waals surface area contributed by atoms with Gasteiger partial charge in [0.15, 0.2) is 0 Å². The summed E-state index contributed by atoms with van der Waals surface area (Å²) in [5, 5.41) is 0. The molecule has 16 heavy (non-hydrogen) atoms. The molecule has 0 aromatic heterocycles. The summed E-state index contributed by atoms with van der Waals surface area (Å²) >= 11 is 0. The number of alkyl halides is 3. The maximum absolute atomic E-state index is 12.0. The van der Waals surface area contributed by atoms with Crippen LogP contribution in [0.15, 0.2) is 23.1 Å². The van der Waals surface area contributed by atoms with Gasteiger partial charge in [-0.15, -0.1) is 0 Å². The lowest BCUT2D eigenvalue weighted by Crippen LogP contribution is -2.13. The number of benzene rings is 1. The summed E-state index contributed by atoms with van der Waals surface area (Å²) in [6.07, 6.45) is -5.32. The fourth-order valence-electron chi connectivity index (χ4n) is 1.20. The Morgan fingerprint density at radius 1 is 1.38 bits per heavy atom. The van der Waals surface area contributed by atoms with Gasteiger partial charge in [-0.25, -0.2) is 0 Å². The molecule has 90 valence electrons. The van der Waals surface area contributed by atoms with E-state index in [9.17, 15) is 17.4 Å². The standard InChI is InChI=1S/C10H12F3NOS/c1-7-8(14)3-2-4-9(7)16(15)6-5-10(11,12)13/h2-4H,5-6,14H2,1H3. The van der Waals surface area contributed by atoms with Gasteiger partial charge in [-0.3, -0.25) is 4.21 Å². The van der Waals surface area contributed by atoms with E-state index < -0.39 is 29.1 Å². The lowest BCUT2D eigenvalue weighted by molar-refractivity contribution is -0.129. The lowest BCUT2D eigenvalue weighted by atomic mass is 10.2. The molecule has 2 N–H and O–H groups in total. The highest BCUT2D eigenvalue weighted by Crippen LogP contribution is 2.24. The van der Waals surface area contributed by atoms with Gasteiger partial charge in [0, 0.05) is 16.3 Å². The van der Waals surface area contributed by atoms with Crippen molar-refractivity contribution >= 4 is 16.5 Å². The van der Waals surface area contributed by atoms with Crippen LogP contribution < -0.4 is 5.73 Å². The smallest absolute Gasteiger partial charge is 0.390 e. The van der Waals surface area contributed by atoms with Gasteiger partial charge in [-0.2, -0.15) is 13.2 Å². The predicted molar refractivity (Wildman–Crippen MR) is 57.5 cm³/mol. The van der Waals surface area contributed by atoms with Gasteiger partial charge in [0.1, 0.15) is 0 Å². The third-order valence-corrected chi connectivity index (χ3v) is 3.65. The van der Waals surface area contributed by atoms with E-state index in [0.717, 1.165) is 0 Å². The molecule has 2 nitrogen and oxygen atoms in total. The molecule has 0 saturated heterocycles. The fraction of sp³-hybridized carbons (Fsp3) is 0.400. The quantitative estimate of drug-likeness (QED) is 0.839. The Morgan fingerprint density at radius 3 is 2.56 bits per heavy atom. The third-order valence-electron chi connectivity index (χ3n) is 2.14. The highest BCUT2D eigenvalue weighted by molar-refractivity contribution is 7.85. The van der Waals surface area contributed by atoms with Crippen LogP contribution in [0.5, 0.6) is 0 Å². The van der Waals surface area contributed by atoms with E-state index in [0.29, 0.717) is 16.1 Å². The molecular weight excluding hydrogens is 239 g/mol. The van der Waals surface area contributed by atoms with Gasteiger partial charge in [0.05, 0.1) is 17.2 Å². The predicted octanol–water partition coefficient (Wildman–Crippen LogP) is 2.64. The summed E-state index contributed by atoms with van der Waals surface area (Å²) in [5.74, 6) is -0.423. The van der Waals surface area contributed by atoms with Crippen molar-refractivity contribution in [2.24, 2.45) is 0 Å². The number of hydrogen-bond donors (Lipinski definition) is 1. The molecule has 0 saturated carbocycles. The van der Waals surface area contributed by atoms with Crippen LogP contribution in [0.1, 0.15) is 12.0 Å². The molecular formula is C10H12F3NOS. The first-order valence-corrected chi connectivity index (χ1v) is 5.93. The molecule has 0 radical (unpaired) electrons. The van der Waals surface area contributed by atoms with Crippen LogP contribution >= 0.6 is 0 Å². The van der Waals surface area contributed by atoms with Crippen molar-refractivity contribution in [2.75, 3.05) is 11.5 Å². The number of halogens is 3. The van der Waals surface area contributed by atoms with Crippen molar-refractivity contribution in [1.29, 1.82) is 0 Å². The Kier molecular flexibility index (Phi) is 3.96. The number of nitrogen functional groups attached to an aromatic ring is 1. The summed E-state index contributed by atoms with van der Waals surface area (Å²) in [6.45, 7) is 1.65. The highest BCUT2D eigenvalue weighted by atomic mass is 32.2. The zero-order chi connectivity index (χ0) is 12.3. The first-order valence-electron chi connectivity index (χ1n) is 4.61. The molecule has 1 aromatic carbocycles. The molecule has 0 heterocycles. The lowest BCUT2D eigenvalue weighted by Gasteiger charge is -2.09. The Balaban J connectivity index is 2.78. The van der Waals surface area contributed by atoms with Crippen molar-refractivity contribution in [3.05, 3.63) is 23.8 Å². The molecule has 0 aliphatic heterocycles. The Morgan fingerprint density at radius 2 is 2.00 bits per heavy atom. The molecule has 1 atom stereocenters. The molecule has 0 spiro atoms. The van der Waals surface area contributed by atoms with E-state index in [4.69, 9.17) is 5.73 Å². The first-order chi connectivity index (χ1) is 7.31. The van der Waals surface area contributed by atoms with E-state index in [1.54, 1.807) is 19.1 Å². The van der Waals surface area contributed by atoms with Crippen molar-refractivity contribution in [3.63, 3.8) is 0 Å². The van der Waals surface area contributed by atoms with Crippen molar-refractivity contribution in [3.8, 4) is 0 Å². The Bertz CT molecular complexity index is 404. The first kappa shape index (κ1) is 13.0. The van der Waals surface area contributed by atoms with Crippen LogP contribution in [0, 0.1) is 6.92 Å². The maximum atomic E-state index is 12.0. The van der Waals surface area contributed by atoms with Gasteiger partial charge in [-0.05, 0) is 24.6 Å². The van der Waals surface area contributed by atoms with Crippen LogP contribution in [-0.2, 0) is 10.8 Å². The monoisotopic (exact) mass is 251 g/mol. The molecule has 0 aliphatic carbocycles. The van der Waals surface area contributed by atoms with Gasteiger partial charge >= 0.3 is 6.18 Å². The van der Waals surface area contributed by atoms with Crippen LogP contribution in [-0.4, -0.2) is 16.1 Å². The molecule has 6 heteroatoms. The van der Waals surface area contributed by atoms with Crippen LogP contribution in [0.25, 0.3) is 0 Å². The van der Waals surface area contributed by atoms with E-state index in [2.05, 4.69) is 0 Å². The fourth-order valence-corrected chi connectivity index (χ4v) is 2.52. The van der Waals surface area contributed by atoms with E-state index >= 15 is 0 Å². The van der Waals surface area contributed by atoms with E-state index in [1.165, 1.54) is 6.07 Å². The molecule has 0 fully saturated rings. The summed E-state index contributed by atoms with van der Waals surface area (Å²) in [6, 6.07) is 4.75. The molecule has 1 aromatic rings. The molecule has 1 rings (SSSR count). The average molecular weight is 251 g/mol. The number of nitrogens with two attached hydrogens (primary N) is 1. The maximum Gasteiger partial charge on any atom is 0.390 e. The van der Waals surface area contributed by atoms with Crippen molar-refractivity contribution in [1.82, 2.24) is 0 Å². The summed E-state index contributed by atoms with van der Waals surface area (Å²) in [4.78, 5) is 0.379. The van der Waals surface area contributed by atoms with Crippen molar-refractivity contribution < 1.29 is 17.4 Å². The second kappa shape index (κ2) is 4.86. The molecule has 0 aliphatic rings. The average Bonchev–Trinajstić information content (AvgIpc) is 2.17. The number of anilines is 1. The number of rotatable bonds is 3. The molecule has 0 amide bonds. The topological polar surface area (TPSA) is 43.1 Å². The minimum Gasteiger partial charge on any atom is -0.398 e. The van der Waals surface area contributed by atoms with Crippen LogP contribution in [0.2, 0.25) is 0 Å². The minimum atomic E-state index is -4.27. The van der Waals surface area contributed by atoms with Gasteiger partial charge in [0.2, 0.25) is 0 Å². The summed E-state index contributed by atoms with van der Waals surface area (Å²) in [5.41, 5.74) is 6.61. The zero-order valence-electron chi connectivity index (χ0n) is 8.67. The Labute approximate surface area is 94.1 Å². The van der Waals surface area contributed by atoms with Crippen molar-refractivity contribution in [2.45, 2.75) is 24.4 Å². The van der Waals surface area contributed by atoms with Gasteiger partial charge in [-0.1, -0.05) is 6.07 Å². The van der Waals surface area contributed by atoms with Crippen LogP contribution in [0.4, 0.5) is 18.9 Å². The van der Waals surface area contributed by atoms with Gasteiger partial charge in [0.25, 0.3) is 0 Å². The molecule has 0 bridgehead atoms. The third kappa shape index (κ3) is 3.52. The Hall–Kier alpha value is -1.04. The minimum absolute atomic E-state index is 0.379. The SMILES string of the molecule is Cc1c(N)cccc1S(=O)CCC(F)(F)F. The van der Waals surface area contributed by atoms with Gasteiger partial charge < -0.3 is 5.73 Å². The van der Waals surface area contributed by atoms with E-state index in [1.807, 2.05) is 0 Å². The normalized spacial score (nSPS) is 13.8. The summed E-state index contributed by atoms with van der Waals surface area (Å²) in [7, 11) is -1.65. The summed E-state index contributed by atoms with van der Waals surface area (Å²) < 4.78 is 47.5. The number of hydrogen-bond acceptors (Lipinski definition) is 2. The van der Waals surface area contributed by atoms with E-state index in [-0.39, 0.29) is 0 Å².